The zero-order chi connectivity index (χ0) is 18.9. The number of rotatable bonds is 7. The van der Waals surface area contributed by atoms with E-state index in [0.717, 1.165) is 43.0 Å². The van der Waals surface area contributed by atoms with Crippen LogP contribution in [0.3, 0.4) is 0 Å². The summed E-state index contributed by atoms with van der Waals surface area (Å²) in [6, 6.07) is 8.00. The van der Waals surface area contributed by atoms with E-state index < -0.39 is 10.8 Å². The number of nitrogens with one attached hydrogen (secondary N) is 2. The van der Waals surface area contributed by atoms with Crippen LogP contribution < -0.4 is 10.6 Å². The van der Waals surface area contributed by atoms with Crippen LogP contribution in [0.2, 0.25) is 5.02 Å². The Hall–Kier alpha value is -1.11. The number of ether oxygens (including phenoxy) is 1. The van der Waals surface area contributed by atoms with Gasteiger partial charge in [0.25, 0.3) is 0 Å². The van der Waals surface area contributed by atoms with E-state index in [9.17, 15) is 4.21 Å². The van der Waals surface area contributed by atoms with Crippen LogP contribution in [0.15, 0.2) is 29.3 Å². The molecule has 0 spiro atoms. The van der Waals surface area contributed by atoms with Crippen molar-refractivity contribution in [2.75, 3.05) is 26.5 Å². The third-order valence-electron chi connectivity index (χ3n) is 4.81. The molecule has 4 unspecified atom stereocenters. The number of nitrogens with zero attached hydrogens (tertiary/aromatic N) is 1. The lowest BCUT2D eigenvalue weighted by molar-refractivity contribution is 0.106. The van der Waals surface area contributed by atoms with Gasteiger partial charge in [-0.15, -0.1) is 0 Å². The van der Waals surface area contributed by atoms with Crippen molar-refractivity contribution in [1.82, 2.24) is 10.6 Å². The Morgan fingerprint density at radius 2 is 2.27 bits per heavy atom. The molecule has 2 N–H and O–H groups in total. The average Bonchev–Trinajstić information content (AvgIpc) is 2.67. The first kappa shape index (κ1) is 21.2. The third-order valence-corrected chi connectivity index (χ3v) is 6.78. The Morgan fingerprint density at radius 3 is 2.92 bits per heavy atom. The molecule has 26 heavy (non-hydrogen) atoms. The summed E-state index contributed by atoms with van der Waals surface area (Å²) in [5.41, 5.74) is 1.03. The summed E-state index contributed by atoms with van der Waals surface area (Å²) in [5, 5.41) is 7.81. The van der Waals surface area contributed by atoms with Crippen molar-refractivity contribution in [2.24, 2.45) is 4.99 Å². The van der Waals surface area contributed by atoms with Crippen molar-refractivity contribution in [3.05, 3.63) is 34.9 Å². The van der Waals surface area contributed by atoms with Gasteiger partial charge in [-0.05, 0) is 37.0 Å². The maximum atomic E-state index is 12.1. The molecular formula is C19H30ClN3O2S. The molecule has 0 heterocycles. The van der Waals surface area contributed by atoms with Crippen LogP contribution in [-0.2, 0) is 15.5 Å². The van der Waals surface area contributed by atoms with Gasteiger partial charge in [0.2, 0.25) is 0 Å². The van der Waals surface area contributed by atoms with Crippen molar-refractivity contribution in [2.45, 2.75) is 50.0 Å². The van der Waals surface area contributed by atoms with Gasteiger partial charge in [-0.2, -0.15) is 0 Å². The average molecular weight is 400 g/mol. The molecule has 1 aliphatic carbocycles. The predicted octanol–water partition coefficient (Wildman–Crippen LogP) is 3.27. The summed E-state index contributed by atoms with van der Waals surface area (Å²) in [5.74, 6) is 1.49. The topological polar surface area (TPSA) is 62.7 Å². The van der Waals surface area contributed by atoms with Crippen molar-refractivity contribution in [3.63, 3.8) is 0 Å². The van der Waals surface area contributed by atoms with Crippen molar-refractivity contribution in [1.29, 1.82) is 0 Å². The minimum Gasteiger partial charge on any atom is -0.375 e. The number of hydrogen-bond acceptors (Lipinski definition) is 3. The highest BCUT2D eigenvalue weighted by molar-refractivity contribution is 7.85. The third kappa shape index (κ3) is 6.25. The summed E-state index contributed by atoms with van der Waals surface area (Å²) in [4.78, 5) is 4.33. The van der Waals surface area contributed by atoms with Crippen molar-refractivity contribution in [3.8, 4) is 0 Å². The highest BCUT2D eigenvalue weighted by Crippen LogP contribution is 2.23. The fourth-order valence-electron chi connectivity index (χ4n) is 3.37. The molecule has 0 saturated heterocycles. The standard InChI is InChI=1S/C19H30ClN3O2S/c1-4-26(24)17-10-6-9-16(12-17)23-19(21-2)22-13-18(25-3)14-7-5-8-15(20)11-14/h5,7-8,11,16-18H,4,6,9-10,12-13H2,1-3H3,(H2,21,22,23). The fraction of sp³-hybridized carbons (Fsp3) is 0.632. The summed E-state index contributed by atoms with van der Waals surface area (Å²) in [6.45, 7) is 2.59. The van der Waals surface area contributed by atoms with Gasteiger partial charge in [-0.3, -0.25) is 9.20 Å². The fourth-order valence-corrected chi connectivity index (χ4v) is 4.92. The Balaban J connectivity index is 1.89. The molecule has 0 aromatic heterocycles. The van der Waals surface area contributed by atoms with E-state index in [0.29, 0.717) is 22.9 Å². The summed E-state index contributed by atoms with van der Waals surface area (Å²) >= 11 is 6.08. The number of hydrogen-bond donors (Lipinski definition) is 2. The summed E-state index contributed by atoms with van der Waals surface area (Å²) in [7, 11) is 2.73. The molecule has 7 heteroatoms. The lowest BCUT2D eigenvalue weighted by atomic mass is 9.95. The van der Waals surface area contributed by atoms with Gasteiger partial charge in [0.05, 0.1) is 6.10 Å². The molecule has 0 aliphatic heterocycles. The number of benzene rings is 1. The van der Waals surface area contributed by atoms with Crippen LogP contribution in [0.25, 0.3) is 0 Å². The van der Waals surface area contributed by atoms with Gasteiger partial charge in [0.15, 0.2) is 5.96 Å². The monoisotopic (exact) mass is 399 g/mol. The van der Waals surface area contributed by atoms with E-state index in [2.05, 4.69) is 15.6 Å². The van der Waals surface area contributed by atoms with E-state index in [1.54, 1.807) is 14.2 Å². The first-order valence-corrected chi connectivity index (χ1v) is 11.0. The van der Waals surface area contributed by atoms with E-state index in [1.807, 2.05) is 31.2 Å². The first-order valence-electron chi connectivity index (χ1n) is 9.20. The van der Waals surface area contributed by atoms with Crippen LogP contribution in [0, 0.1) is 0 Å². The molecule has 0 bridgehead atoms. The lowest BCUT2D eigenvalue weighted by Gasteiger charge is -2.30. The minimum atomic E-state index is -0.723. The SMILES string of the molecule is CCS(=O)C1CCCC(NC(=NC)NCC(OC)c2cccc(Cl)c2)C1. The van der Waals surface area contributed by atoms with Gasteiger partial charge < -0.3 is 15.4 Å². The molecule has 1 aromatic rings. The maximum absolute atomic E-state index is 12.1. The van der Waals surface area contributed by atoms with Crippen LogP contribution in [-0.4, -0.2) is 47.9 Å². The quantitative estimate of drug-likeness (QED) is 0.545. The molecule has 5 nitrogen and oxygen atoms in total. The zero-order valence-corrected chi connectivity index (χ0v) is 17.4. The predicted molar refractivity (Wildman–Crippen MR) is 110 cm³/mol. The summed E-state index contributed by atoms with van der Waals surface area (Å²) < 4.78 is 17.7. The zero-order valence-electron chi connectivity index (χ0n) is 15.8. The minimum absolute atomic E-state index is 0.112. The Bertz CT molecular complexity index is 627. The van der Waals surface area contributed by atoms with E-state index in [1.165, 1.54) is 0 Å². The van der Waals surface area contributed by atoms with Crippen LogP contribution in [0.4, 0.5) is 0 Å². The normalized spacial score (nSPS) is 23.3. The van der Waals surface area contributed by atoms with Gasteiger partial charge in [-0.1, -0.05) is 37.1 Å². The van der Waals surface area contributed by atoms with Crippen molar-refractivity contribution >= 4 is 28.4 Å². The molecule has 4 atom stereocenters. The van der Waals surface area contributed by atoms with Crippen LogP contribution in [0.5, 0.6) is 0 Å². The number of guanidine groups is 1. The molecule has 0 radical (unpaired) electrons. The second-order valence-electron chi connectivity index (χ2n) is 6.53. The van der Waals surface area contributed by atoms with E-state index >= 15 is 0 Å². The number of aliphatic imine (C=N–C) groups is 1. The Morgan fingerprint density at radius 1 is 1.46 bits per heavy atom. The van der Waals surface area contributed by atoms with Gasteiger partial charge in [0, 0.05) is 53.6 Å². The molecular weight excluding hydrogens is 370 g/mol. The second kappa shape index (κ2) is 10.9. The number of methoxy groups -OCH3 is 1. The molecule has 0 amide bonds. The van der Waals surface area contributed by atoms with Crippen LogP contribution in [0.1, 0.15) is 44.3 Å². The van der Waals surface area contributed by atoms with Gasteiger partial charge in [-0.25, -0.2) is 0 Å². The number of halogens is 1. The van der Waals surface area contributed by atoms with Crippen molar-refractivity contribution < 1.29 is 8.95 Å². The van der Waals surface area contributed by atoms with Gasteiger partial charge in [0.1, 0.15) is 0 Å². The largest absolute Gasteiger partial charge is 0.375 e. The molecule has 1 aliphatic rings. The summed E-state index contributed by atoms with van der Waals surface area (Å²) in [6.07, 6.45) is 4.07. The smallest absolute Gasteiger partial charge is 0.191 e. The molecule has 2 rings (SSSR count). The Kier molecular flexibility index (Phi) is 8.88. The highest BCUT2D eigenvalue weighted by atomic mass is 35.5. The molecule has 146 valence electrons. The van der Waals surface area contributed by atoms with E-state index in [4.69, 9.17) is 16.3 Å². The van der Waals surface area contributed by atoms with E-state index in [-0.39, 0.29) is 6.10 Å². The van der Waals surface area contributed by atoms with Gasteiger partial charge >= 0.3 is 0 Å². The maximum Gasteiger partial charge on any atom is 0.191 e. The highest BCUT2D eigenvalue weighted by Gasteiger charge is 2.26. The lowest BCUT2D eigenvalue weighted by Crippen LogP contribution is -2.47. The van der Waals surface area contributed by atoms with Crippen LogP contribution >= 0.6 is 11.6 Å². The first-order chi connectivity index (χ1) is 12.6. The molecule has 1 fully saturated rings. The second-order valence-corrected chi connectivity index (χ2v) is 8.97. The molecule has 1 saturated carbocycles. The Labute approximate surface area is 164 Å². The molecule has 1 aromatic carbocycles.